The van der Waals surface area contributed by atoms with E-state index in [2.05, 4.69) is 36.6 Å². The second-order valence-electron chi connectivity index (χ2n) is 5.11. The molecule has 3 rings (SSSR count). The first-order chi connectivity index (χ1) is 10.7. The minimum atomic E-state index is 0.808. The molecule has 0 fully saturated rings. The average Bonchev–Trinajstić information content (AvgIpc) is 2.96. The van der Waals surface area contributed by atoms with Gasteiger partial charge in [-0.05, 0) is 24.6 Å². The van der Waals surface area contributed by atoms with Crippen LogP contribution in [0.1, 0.15) is 21.8 Å². The predicted octanol–water partition coefficient (Wildman–Crippen LogP) is 5.99. The summed E-state index contributed by atoms with van der Waals surface area (Å²) in [4.78, 5) is 5.84. The number of aromatic nitrogens is 1. The molecule has 0 N–H and O–H groups in total. The van der Waals surface area contributed by atoms with Gasteiger partial charge < -0.3 is 0 Å². The van der Waals surface area contributed by atoms with Gasteiger partial charge in [0.15, 0.2) is 0 Å². The Hall–Kier alpha value is -1.29. The topological polar surface area (TPSA) is 12.9 Å². The van der Waals surface area contributed by atoms with Crippen LogP contribution in [-0.2, 0) is 12.2 Å². The van der Waals surface area contributed by atoms with E-state index in [1.165, 1.54) is 16.1 Å². The van der Waals surface area contributed by atoms with Crippen molar-refractivity contribution in [3.63, 3.8) is 0 Å². The highest BCUT2D eigenvalue weighted by Gasteiger charge is 2.06. The zero-order valence-corrected chi connectivity index (χ0v) is 14.6. The minimum Gasteiger partial charge on any atom is -0.245 e. The standard InChI is InChI=1S/C18H16ClNS2/c1-13-6-8-14(9-7-13)10-18-20-15(12-22-18)11-21-17-5-3-2-4-16(17)19/h2-9,12H,10-11H2,1H3. The van der Waals surface area contributed by atoms with Crippen molar-refractivity contribution in [3.8, 4) is 0 Å². The Morgan fingerprint density at radius 1 is 1.09 bits per heavy atom. The maximum atomic E-state index is 6.18. The SMILES string of the molecule is Cc1ccc(Cc2nc(CSc3ccccc3Cl)cs2)cc1. The molecule has 0 aliphatic heterocycles. The number of thiazole rings is 1. The van der Waals surface area contributed by atoms with Crippen molar-refractivity contribution in [1.29, 1.82) is 0 Å². The largest absolute Gasteiger partial charge is 0.245 e. The van der Waals surface area contributed by atoms with Crippen molar-refractivity contribution in [2.24, 2.45) is 0 Å². The lowest BCUT2D eigenvalue weighted by atomic mass is 10.1. The van der Waals surface area contributed by atoms with Gasteiger partial charge in [-0.1, -0.05) is 53.6 Å². The summed E-state index contributed by atoms with van der Waals surface area (Å²) in [5.74, 6) is 0.855. The number of benzene rings is 2. The number of nitrogens with zero attached hydrogens (tertiary/aromatic N) is 1. The van der Waals surface area contributed by atoms with Crippen LogP contribution in [0.4, 0.5) is 0 Å². The van der Waals surface area contributed by atoms with Gasteiger partial charge in [-0.15, -0.1) is 23.1 Å². The fourth-order valence-electron chi connectivity index (χ4n) is 2.09. The molecule has 1 heterocycles. The first kappa shape index (κ1) is 15.6. The van der Waals surface area contributed by atoms with Crippen LogP contribution in [0.5, 0.6) is 0 Å². The molecule has 112 valence electrons. The van der Waals surface area contributed by atoms with Crippen molar-refractivity contribution < 1.29 is 0 Å². The fraction of sp³-hybridized carbons (Fsp3) is 0.167. The molecular formula is C18H16ClNS2. The smallest absolute Gasteiger partial charge is 0.0972 e. The molecule has 1 aromatic heterocycles. The first-order valence-corrected chi connectivity index (χ1v) is 9.31. The zero-order chi connectivity index (χ0) is 15.4. The van der Waals surface area contributed by atoms with Crippen molar-refractivity contribution in [1.82, 2.24) is 4.98 Å². The molecule has 0 aliphatic carbocycles. The molecule has 0 aliphatic rings. The molecule has 4 heteroatoms. The van der Waals surface area contributed by atoms with Gasteiger partial charge in [0.1, 0.15) is 0 Å². The molecule has 1 nitrogen and oxygen atoms in total. The number of thioether (sulfide) groups is 1. The third-order valence-corrected chi connectivity index (χ3v) is 5.73. The molecule has 0 bridgehead atoms. The summed E-state index contributed by atoms with van der Waals surface area (Å²) in [6.07, 6.45) is 0.904. The molecule has 0 amide bonds. The Kier molecular flexibility index (Phi) is 5.19. The second-order valence-corrected chi connectivity index (χ2v) is 7.48. The number of rotatable bonds is 5. The third kappa shape index (κ3) is 4.13. The summed E-state index contributed by atoms with van der Waals surface area (Å²) in [5, 5.41) is 4.12. The van der Waals surface area contributed by atoms with Crippen molar-refractivity contribution in [2.75, 3.05) is 0 Å². The fourth-order valence-corrected chi connectivity index (χ4v) is 4.16. The van der Waals surface area contributed by atoms with Crippen LogP contribution in [0.3, 0.4) is 0 Å². The highest BCUT2D eigenvalue weighted by Crippen LogP contribution is 2.29. The van der Waals surface area contributed by atoms with Gasteiger partial charge >= 0.3 is 0 Å². The molecule has 0 atom stereocenters. The number of hydrogen-bond acceptors (Lipinski definition) is 3. The van der Waals surface area contributed by atoms with Crippen LogP contribution in [0.2, 0.25) is 5.02 Å². The summed E-state index contributed by atoms with van der Waals surface area (Å²) in [6, 6.07) is 16.6. The van der Waals surface area contributed by atoms with E-state index in [9.17, 15) is 0 Å². The van der Waals surface area contributed by atoms with Crippen LogP contribution in [0.25, 0.3) is 0 Å². The molecule has 0 saturated heterocycles. The van der Waals surface area contributed by atoms with Gasteiger partial charge in [0.25, 0.3) is 0 Å². The van der Waals surface area contributed by atoms with Crippen molar-refractivity contribution in [2.45, 2.75) is 24.0 Å². The Labute approximate surface area is 144 Å². The van der Waals surface area contributed by atoms with E-state index in [1.807, 2.05) is 24.3 Å². The Morgan fingerprint density at radius 3 is 2.64 bits per heavy atom. The number of halogens is 1. The highest BCUT2D eigenvalue weighted by molar-refractivity contribution is 7.98. The van der Waals surface area contributed by atoms with Crippen molar-refractivity contribution >= 4 is 34.7 Å². The lowest BCUT2D eigenvalue weighted by Crippen LogP contribution is -1.89. The van der Waals surface area contributed by atoms with Crippen LogP contribution in [0, 0.1) is 6.92 Å². The summed E-state index contributed by atoms with van der Waals surface area (Å²) in [6.45, 7) is 2.11. The van der Waals surface area contributed by atoms with E-state index in [0.29, 0.717) is 0 Å². The highest BCUT2D eigenvalue weighted by atomic mass is 35.5. The molecule has 3 aromatic rings. The molecular weight excluding hydrogens is 330 g/mol. The quantitative estimate of drug-likeness (QED) is 0.527. The molecule has 0 spiro atoms. The zero-order valence-electron chi connectivity index (χ0n) is 12.3. The van der Waals surface area contributed by atoms with E-state index in [4.69, 9.17) is 16.6 Å². The van der Waals surface area contributed by atoms with Crippen LogP contribution in [-0.4, -0.2) is 4.98 Å². The Balaban J connectivity index is 1.61. The Bertz CT molecular complexity index is 750. The lowest BCUT2D eigenvalue weighted by molar-refractivity contribution is 1.09. The summed E-state index contributed by atoms with van der Waals surface area (Å²) in [7, 11) is 0. The summed E-state index contributed by atoms with van der Waals surface area (Å²) < 4.78 is 0. The molecule has 2 aromatic carbocycles. The van der Waals surface area contributed by atoms with Gasteiger partial charge in [0.2, 0.25) is 0 Å². The summed E-state index contributed by atoms with van der Waals surface area (Å²) >= 11 is 9.64. The van der Waals surface area contributed by atoms with E-state index < -0.39 is 0 Å². The number of hydrogen-bond donors (Lipinski definition) is 0. The minimum absolute atomic E-state index is 0.808. The predicted molar refractivity (Wildman–Crippen MR) is 97.1 cm³/mol. The van der Waals surface area contributed by atoms with Gasteiger partial charge in [0, 0.05) is 22.4 Å². The van der Waals surface area contributed by atoms with Gasteiger partial charge in [-0.25, -0.2) is 4.98 Å². The Morgan fingerprint density at radius 2 is 1.86 bits per heavy atom. The maximum Gasteiger partial charge on any atom is 0.0972 e. The van der Waals surface area contributed by atoms with E-state index in [-0.39, 0.29) is 0 Å². The van der Waals surface area contributed by atoms with Crippen LogP contribution in [0.15, 0.2) is 58.8 Å². The van der Waals surface area contributed by atoms with Crippen LogP contribution < -0.4 is 0 Å². The van der Waals surface area contributed by atoms with Crippen LogP contribution >= 0.6 is 34.7 Å². The molecule has 0 radical (unpaired) electrons. The second kappa shape index (κ2) is 7.32. The van der Waals surface area contributed by atoms with E-state index >= 15 is 0 Å². The first-order valence-electron chi connectivity index (χ1n) is 7.07. The molecule has 0 saturated carbocycles. The third-order valence-electron chi connectivity index (χ3n) is 3.29. The molecule has 0 unspecified atom stereocenters. The van der Waals surface area contributed by atoms with E-state index in [1.54, 1.807) is 23.1 Å². The van der Waals surface area contributed by atoms with Crippen molar-refractivity contribution in [3.05, 3.63) is 80.8 Å². The summed E-state index contributed by atoms with van der Waals surface area (Å²) in [5.41, 5.74) is 3.72. The molecule has 22 heavy (non-hydrogen) atoms. The lowest BCUT2D eigenvalue weighted by Gasteiger charge is -2.01. The maximum absolute atomic E-state index is 6.18. The normalized spacial score (nSPS) is 10.8. The monoisotopic (exact) mass is 345 g/mol. The van der Waals surface area contributed by atoms with Gasteiger partial charge in [-0.2, -0.15) is 0 Å². The van der Waals surface area contributed by atoms with E-state index in [0.717, 1.165) is 27.8 Å². The number of aryl methyl sites for hydroxylation is 1. The average molecular weight is 346 g/mol. The van der Waals surface area contributed by atoms with Gasteiger partial charge in [-0.3, -0.25) is 0 Å². The van der Waals surface area contributed by atoms with Gasteiger partial charge in [0.05, 0.1) is 15.7 Å².